The molecule has 0 unspecified atom stereocenters. The van der Waals surface area contributed by atoms with E-state index in [0.717, 1.165) is 50.5 Å². The van der Waals surface area contributed by atoms with Gasteiger partial charge in [-0.05, 0) is 24.8 Å². The van der Waals surface area contributed by atoms with Crippen LogP contribution in [0.2, 0.25) is 0 Å². The molecule has 27 heavy (non-hydrogen) atoms. The summed E-state index contributed by atoms with van der Waals surface area (Å²) in [5.41, 5.74) is 0.881. The Kier molecular flexibility index (Phi) is 9.07. The third kappa shape index (κ3) is 8.75. The maximum atomic E-state index is 12.4. The van der Waals surface area contributed by atoms with E-state index in [4.69, 9.17) is 8.92 Å². The molecule has 1 N–H and O–H groups in total. The van der Waals surface area contributed by atoms with Crippen molar-refractivity contribution in [3.8, 4) is 0 Å². The summed E-state index contributed by atoms with van der Waals surface area (Å²) in [6.45, 7) is 2.18. The number of unbranched alkanes of at least 4 members (excludes halogenated alkanes) is 1. The smallest absolute Gasteiger partial charge is 0.407 e. The van der Waals surface area contributed by atoms with Crippen LogP contribution in [0.3, 0.4) is 0 Å². The Bertz CT molecular complexity index is 656. The average molecular weight is 398 g/mol. The van der Waals surface area contributed by atoms with Gasteiger partial charge in [-0.1, -0.05) is 69.4 Å². The van der Waals surface area contributed by atoms with Crippen LogP contribution in [-0.2, 0) is 25.6 Å². The summed E-state index contributed by atoms with van der Waals surface area (Å²) in [5.74, 6) is -0.218. The molecule has 0 saturated heterocycles. The van der Waals surface area contributed by atoms with Gasteiger partial charge in [0, 0.05) is 6.04 Å². The number of benzene rings is 1. The number of carbonyl (C=O) groups is 1. The molecule has 0 radical (unpaired) electrons. The predicted molar refractivity (Wildman–Crippen MR) is 105 cm³/mol. The third-order valence-electron chi connectivity index (χ3n) is 4.68. The number of rotatable bonds is 10. The van der Waals surface area contributed by atoms with Crippen LogP contribution in [0.1, 0.15) is 63.9 Å². The van der Waals surface area contributed by atoms with Crippen LogP contribution in [0.25, 0.3) is 0 Å². The number of nitrogens with one attached hydrogen (secondary N) is 1. The fourth-order valence-electron chi connectivity index (χ4n) is 3.23. The molecule has 1 aliphatic rings. The number of amides is 1. The summed E-state index contributed by atoms with van der Waals surface area (Å²) in [5, 5.41) is 2.70. The van der Waals surface area contributed by atoms with Crippen LogP contribution in [-0.4, -0.2) is 32.4 Å². The molecular weight excluding hydrogens is 366 g/mol. The van der Waals surface area contributed by atoms with Crippen molar-refractivity contribution in [1.29, 1.82) is 0 Å². The van der Waals surface area contributed by atoms with Gasteiger partial charge >= 0.3 is 6.09 Å². The molecule has 0 aliphatic heterocycles. The normalized spacial score (nSPS) is 16.6. The van der Waals surface area contributed by atoms with Crippen molar-refractivity contribution in [2.45, 2.75) is 77.0 Å². The fraction of sp³-hybridized carbons (Fsp3) is 0.650. The van der Waals surface area contributed by atoms with Crippen LogP contribution in [0.5, 0.6) is 0 Å². The molecule has 2 rings (SSSR count). The Hall–Kier alpha value is -1.60. The first-order valence-electron chi connectivity index (χ1n) is 9.86. The average Bonchev–Trinajstić information content (AvgIpc) is 2.65. The van der Waals surface area contributed by atoms with Gasteiger partial charge in [0.05, 0.1) is 11.9 Å². The molecule has 1 aromatic rings. The maximum Gasteiger partial charge on any atom is 0.407 e. The molecule has 1 aliphatic carbocycles. The third-order valence-corrected chi connectivity index (χ3v) is 6.06. The molecule has 0 heterocycles. The van der Waals surface area contributed by atoms with E-state index >= 15 is 0 Å². The Balaban J connectivity index is 1.85. The number of alkyl carbamates (subject to hydrolysis) is 1. The largest absolute Gasteiger partial charge is 0.445 e. The number of hydrogen-bond donors (Lipinski definition) is 1. The van der Waals surface area contributed by atoms with Crippen molar-refractivity contribution in [1.82, 2.24) is 5.32 Å². The highest BCUT2D eigenvalue weighted by Gasteiger charge is 2.26. The van der Waals surface area contributed by atoms with Crippen LogP contribution in [0.15, 0.2) is 30.3 Å². The molecular formula is C20H31NO5S. The van der Waals surface area contributed by atoms with E-state index in [0.29, 0.717) is 6.42 Å². The van der Waals surface area contributed by atoms with E-state index in [1.54, 1.807) is 0 Å². The molecule has 1 amide bonds. The standard InChI is InChI=1S/C20H31NO5S/c1-2-3-12-18(16-27(23,24)26-19-13-8-5-9-14-19)21-20(22)25-15-17-10-6-4-7-11-17/h4,6-7,10-11,18-19H,2-3,5,8-9,12-16H2,1H3,(H,21,22)/t18-/m0/s1. The van der Waals surface area contributed by atoms with E-state index in [1.165, 1.54) is 0 Å². The zero-order chi connectivity index (χ0) is 19.5. The van der Waals surface area contributed by atoms with Crippen LogP contribution in [0, 0.1) is 0 Å². The Labute approximate surface area is 162 Å². The number of ether oxygens (including phenoxy) is 1. The van der Waals surface area contributed by atoms with E-state index < -0.39 is 22.3 Å². The lowest BCUT2D eigenvalue weighted by molar-refractivity contribution is 0.135. The maximum absolute atomic E-state index is 12.4. The molecule has 6 nitrogen and oxygen atoms in total. The van der Waals surface area contributed by atoms with E-state index in [-0.39, 0.29) is 18.5 Å². The van der Waals surface area contributed by atoms with Gasteiger partial charge in [-0.2, -0.15) is 8.42 Å². The highest BCUT2D eigenvalue weighted by molar-refractivity contribution is 7.86. The molecule has 0 spiro atoms. The highest BCUT2D eigenvalue weighted by atomic mass is 32.2. The van der Waals surface area contributed by atoms with Gasteiger partial charge in [0.15, 0.2) is 0 Å². The second-order valence-corrected chi connectivity index (χ2v) is 8.77. The number of carbonyl (C=O) groups excluding carboxylic acids is 1. The second kappa shape index (κ2) is 11.3. The first kappa shape index (κ1) is 21.7. The first-order valence-corrected chi connectivity index (χ1v) is 11.4. The summed E-state index contributed by atoms with van der Waals surface area (Å²) < 4.78 is 35.4. The first-order chi connectivity index (χ1) is 13.0. The van der Waals surface area contributed by atoms with Crippen molar-refractivity contribution in [3.05, 3.63) is 35.9 Å². The molecule has 152 valence electrons. The quantitative estimate of drug-likeness (QED) is 0.600. The molecule has 1 fully saturated rings. The van der Waals surface area contributed by atoms with Crippen molar-refractivity contribution in [3.63, 3.8) is 0 Å². The Morgan fingerprint density at radius 1 is 1.19 bits per heavy atom. The minimum Gasteiger partial charge on any atom is -0.445 e. The van der Waals surface area contributed by atoms with Crippen LogP contribution in [0.4, 0.5) is 4.79 Å². The van der Waals surface area contributed by atoms with Gasteiger partial charge in [0.1, 0.15) is 6.61 Å². The van der Waals surface area contributed by atoms with Crippen LogP contribution < -0.4 is 5.32 Å². The van der Waals surface area contributed by atoms with E-state index in [2.05, 4.69) is 5.32 Å². The zero-order valence-electron chi connectivity index (χ0n) is 16.1. The highest BCUT2D eigenvalue weighted by Crippen LogP contribution is 2.22. The van der Waals surface area contributed by atoms with Gasteiger partial charge in [-0.25, -0.2) is 4.79 Å². The molecule has 1 saturated carbocycles. The van der Waals surface area contributed by atoms with Gasteiger partial charge in [-0.3, -0.25) is 4.18 Å². The van der Waals surface area contributed by atoms with Gasteiger partial charge in [0.2, 0.25) is 0 Å². The summed E-state index contributed by atoms with van der Waals surface area (Å²) in [6, 6.07) is 8.85. The lowest BCUT2D eigenvalue weighted by atomic mass is 9.98. The molecule has 7 heteroatoms. The zero-order valence-corrected chi connectivity index (χ0v) is 16.9. The van der Waals surface area contributed by atoms with Crippen molar-refractivity contribution in [2.24, 2.45) is 0 Å². The Morgan fingerprint density at radius 2 is 1.89 bits per heavy atom. The second-order valence-electron chi connectivity index (χ2n) is 7.13. The van der Waals surface area contributed by atoms with Gasteiger partial charge < -0.3 is 10.1 Å². The van der Waals surface area contributed by atoms with Crippen molar-refractivity contribution < 1.29 is 22.1 Å². The predicted octanol–water partition coefficient (Wildman–Crippen LogP) is 4.15. The minimum absolute atomic E-state index is 0.151. The molecule has 1 atom stereocenters. The van der Waals surface area contributed by atoms with Gasteiger partial charge in [0.25, 0.3) is 10.1 Å². The SMILES string of the molecule is CCCC[C@@H](CS(=O)(=O)OC1CCCCC1)NC(=O)OCc1ccccc1. The van der Waals surface area contributed by atoms with E-state index in [9.17, 15) is 13.2 Å². The molecule has 1 aromatic carbocycles. The topological polar surface area (TPSA) is 81.7 Å². The van der Waals surface area contributed by atoms with Crippen LogP contribution >= 0.6 is 0 Å². The summed E-state index contributed by atoms with van der Waals surface area (Å²) in [6.07, 6.45) is 6.19. The van der Waals surface area contributed by atoms with Crippen molar-refractivity contribution in [2.75, 3.05) is 5.75 Å². The summed E-state index contributed by atoms with van der Waals surface area (Å²) in [7, 11) is -3.69. The monoisotopic (exact) mass is 397 g/mol. The Morgan fingerprint density at radius 3 is 2.56 bits per heavy atom. The molecule has 0 bridgehead atoms. The van der Waals surface area contributed by atoms with Gasteiger partial charge in [-0.15, -0.1) is 0 Å². The summed E-state index contributed by atoms with van der Waals surface area (Å²) in [4.78, 5) is 12.1. The van der Waals surface area contributed by atoms with Crippen molar-refractivity contribution >= 4 is 16.2 Å². The summed E-state index contributed by atoms with van der Waals surface area (Å²) >= 11 is 0. The van der Waals surface area contributed by atoms with E-state index in [1.807, 2.05) is 37.3 Å². The fourth-order valence-corrected chi connectivity index (χ4v) is 4.66. The molecule has 0 aromatic heterocycles. The number of hydrogen-bond acceptors (Lipinski definition) is 5. The lowest BCUT2D eigenvalue weighted by Crippen LogP contribution is -2.41. The lowest BCUT2D eigenvalue weighted by Gasteiger charge is -2.23. The minimum atomic E-state index is -3.69.